The quantitative estimate of drug-likeness (QED) is 0.774. The first-order valence-corrected chi connectivity index (χ1v) is 8.66. The van der Waals surface area contributed by atoms with Gasteiger partial charge in [-0.15, -0.1) is 11.3 Å². The molecule has 1 aromatic rings. The summed E-state index contributed by atoms with van der Waals surface area (Å²) < 4.78 is 61.8. The van der Waals surface area contributed by atoms with Gasteiger partial charge >= 0.3 is 6.18 Å². The first-order chi connectivity index (χ1) is 9.58. The van der Waals surface area contributed by atoms with Crippen LogP contribution in [0.1, 0.15) is 23.1 Å². The standard InChI is InChI=1S/C12H19F3N2O2S2/c1-4-5-16-7-10-6-11(9(2)20-10)21(18,19)17(3)8-12(13,14)15/h6,16H,4-5,7-8H2,1-3H3. The molecule has 0 aliphatic rings. The number of alkyl halides is 3. The van der Waals surface area contributed by atoms with E-state index in [9.17, 15) is 21.6 Å². The molecule has 0 fully saturated rings. The molecule has 122 valence electrons. The van der Waals surface area contributed by atoms with E-state index in [1.165, 1.54) is 17.4 Å². The highest BCUT2D eigenvalue weighted by Crippen LogP contribution is 2.29. The maximum atomic E-state index is 12.3. The number of hydrogen-bond donors (Lipinski definition) is 1. The summed E-state index contributed by atoms with van der Waals surface area (Å²) in [5.74, 6) is 0. The summed E-state index contributed by atoms with van der Waals surface area (Å²) in [7, 11) is -3.18. The summed E-state index contributed by atoms with van der Waals surface area (Å²) in [5, 5.41) is 3.13. The van der Waals surface area contributed by atoms with Crippen molar-refractivity contribution in [2.75, 3.05) is 20.1 Å². The molecule has 0 aliphatic heterocycles. The van der Waals surface area contributed by atoms with Crippen molar-refractivity contribution >= 4 is 21.4 Å². The fourth-order valence-electron chi connectivity index (χ4n) is 1.76. The topological polar surface area (TPSA) is 49.4 Å². The van der Waals surface area contributed by atoms with Gasteiger partial charge in [-0.1, -0.05) is 6.92 Å². The van der Waals surface area contributed by atoms with Crippen LogP contribution in [-0.2, 0) is 16.6 Å². The Morgan fingerprint density at radius 3 is 2.52 bits per heavy atom. The van der Waals surface area contributed by atoms with Crippen molar-refractivity contribution in [3.63, 3.8) is 0 Å². The Morgan fingerprint density at radius 2 is 2.00 bits per heavy atom. The molecular weight excluding hydrogens is 325 g/mol. The Bertz CT molecular complexity index is 568. The van der Waals surface area contributed by atoms with Crippen LogP contribution in [0.15, 0.2) is 11.0 Å². The lowest BCUT2D eigenvalue weighted by Crippen LogP contribution is -2.35. The normalized spacial score (nSPS) is 13.1. The predicted molar refractivity (Wildman–Crippen MR) is 76.9 cm³/mol. The number of rotatable bonds is 7. The van der Waals surface area contributed by atoms with E-state index in [1.807, 2.05) is 6.92 Å². The monoisotopic (exact) mass is 344 g/mol. The van der Waals surface area contributed by atoms with Gasteiger partial charge in [0.15, 0.2) is 0 Å². The van der Waals surface area contributed by atoms with Crippen molar-refractivity contribution in [2.24, 2.45) is 0 Å². The van der Waals surface area contributed by atoms with Crippen molar-refractivity contribution in [2.45, 2.75) is 37.9 Å². The molecule has 0 saturated heterocycles. The van der Waals surface area contributed by atoms with E-state index in [2.05, 4.69) is 5.32 Å². The van der Waals surface area contributed by atoms with E-state index in [1.54, 1.807) is 6.92 Å². The van der Waals surface area contributed by atoms with Crippen molar-refractivity contribution in [1.82, 2.24) is 9.62 Å². The molecular formula is C12H19F3N2O2S2. The van der Waals surface area contributed by atoms with Gasteiger partial charge in [-0.25, -0.2) is 8.42 Å². The maximum absolute atomic E-state index is 12.3. The number of nitrogens with one attached hydrogen (secondary N) is 1. The third kappa shape index (κ3) is 5.24. The van der Waals surface area contributed by atoms with Crippen LogP contribution in [0.25, 0.3) is 0 Å². The third-order valence-electron chi connectivity index (χ3n) is 2.74. The second-order valence-electron chi connectivity index (χ2n) is 4.69. The van der Waals surface area contributed by atoms with Crippen molar-refractivity contribution in [3.8, 4) is 0 Å². The molecule has 0 aliphatic carbocycles. The van der Waals surface area contributed by atoms with Gasteiger partial charge in [0.2, 0.25) is 10.0 Å². The highest BCUT2D eigenvalue weighted by molar-refractivity contribution is 7.89. The number of thiophene rings is 1. The number of halogens is 3. The lowest BCUT2D eigenvalue weighted by Gasteiger charge is -2.18. The van der Waals surface area contributed by atoms with E-state index < -0.39 is 22.7 Å². The summed E-state index contributed by atoms with van der Waals surface area (Å²) in [6.07, 6.45) is -3.61. The van der Waals surface area contributed by atoms with Gasteiger partial charge in [0, 0.05) is 23.3 Å². The molecule has 9 heteroatoms. The zero-order valence-corrected chi connectivity index (χ0v) is 13.8. The van der Waals surface area contributed by atoms with Crippen LogP contribution in [0.5, 0.6) is 0 Å². The van der Waals surface area contributed by atoms with E-state index in [4.69, 9.17) is 0 Å². The minimum absolute atomic E-state index is 0.0486. The molecule has 1 N–H and O–H groups in total. The Balaban J connectivity index is 2.93. The third-order valence-corrected chi connectivity index (χ3v) is 5.85. The predicted octanol–water partition coefficient (Wildman–Crippen LogP) is 2.74. The molecule has 1 aromatic heterocycles. The molecule has 1 heterocycles. The maximum Gasteiger partial charge on any atom is 0.402 e. The van der Waals surface area contributed by atoms with Crippen LogP contribution >= 0.6 is 11.3 Å². The van der Waals surface area contributed by atoms with Crippen LogP contribution in [-0.4, -0.2) is 39.0 Å². The Hall–Kier alpha value is -0.640. The van der Waals surface area contributed by atoms with Crippen LogP contribution in [0.2, 0.25) is 0 Å². The van der Waals surface area contributed by atoms with Gasteiger partial charge in [-0.2, -0.15) is 17.5 Å². The number of sulfonamides is 1. The van der Waals surface area contributed by atoms with E-state index in [-0.39, 0.29) is 4.90 Å². The Morgan fingerprint density at radius 1 is 1.38 bits per heavy atom. The molecule has 0 spiro atoms. The molecule has 0 bridgehead atoms. The lowest BCUT2D eigenvalue weighted by atomic mass is 10.4. The Kier molecular flexibility index (Phi) is 6.21. The zero-order valence-electron chi connectivity index (χ0n) is 12.1. The fourth-order valence-corrected chi connectivity index (χ4v) is 4.49. The van der Waals surface area contributed by atoms with Crippen LogP contribution < -0.4 is 5.32 Å². The molecule has 0 radical (unpaired) electrons. The molecule has 0 amide bonds. The summed E-state index contributed by atoms with van der Waals surface area (Å²) in [5.41, 5.74) is 0. The number of aryl methyl sites for hydroxylation is 1. The average Bonchev–Trinajstić information content (AvgIpc) is 2.69. The van der Waals surface area contributed by atoms with E-state index in [0.29, 0.717) is 15.7 Å². The van der Waals surface area contributed by atoms with E-state index in [0.717, 1.165) is 24.9 Å². The van der Waals surface area contributed by atoms with Crippen LogP contribution in [0.4, 0.5) is 13.2 Å². The van der Waals surface area contributed by atoms with Crippen molar-refractivity contribution in [3.05, 3.63) is 15.8 Å². The number of hydrogen-bond acceptors (Lipinski definition) is 4. The summed E-state index contributed by atoms with van der Waals surface area (Å²) >= 11 is 1.28. The molecule has 0 aromatic carbocycles. The smallest absolute Gasteiger partial charge is 0.312 e. The van der Waals surface area contributed by atoms with Gasteiger partial charge in [-0.05, 0) is 26.0 Å². The molecule has 0 saturated carbocycles. The van der Waals surface area contributed by atoms with Gasteiger partial charge in [0.05, 0.1) is 4.90 Å². The first kappa shape index (κ1) is 18.4. The highest BCUT2D eigenvalue weighted by Gasteiger charge is 2.35. The summed E-state index contributed by atoms with van der Waals surface area (Å²) in [6.45, 7) is 3.43. The van der Waals surface area contributed by atoms with Gasteiger partial charge in [0.25, 0.3) is 0 Å². The summed E-state index contributed by atoms with van der Waals surface area (Å²) in [6, 6.07) is 1.45. The highest BCUT2D eigenvalue weighted by atomic mass is 32.2. The molecule has 0 unspecified atom stereocenters. The van der Waals surface area contributed by atoms with Crippen LogP contribution in [0.3, 0.4) is 0 Å². The van der Waals surface area contributed by atoms with Gasteiger partial charge < -0.3 is 5.32 Å². The summed E-state index contributed by atoms with van der Waals surface area (Å²) in [4.78, 5) is 1.24. The number of nitrogens with zero attached hydrogens (tertiary/aromatic N) is 1. The second-order valence-corrected chi connectivity index (χ2v) is 8.04. The first-order valence-electron chi connectivity index (χ1n) is 6.41. The van der Waals surface area contributed by atoms with Crippen LogP contribution in [0, 0.1) is 6.92 Å². The molecule has 21 heavy (non-hydrogen) atoms. The SMILES string of the molecule is CCCNCc1cc(S(=O)(=O)N(C)CC(F)(F)F)c(C)s1. The molecule has 0 atom stereocenters. The van der Waals surface area contributed by atoms with E-state index >= 15 is 0 Å². The largest absolute Gasteiger partial charge is 0.402 e. The average molecular weight is 344 g/mol. The fraction of sp³-hybridized carbons (Fsp3) is 0.667. The minimum atomic E-state index is -4.56. The lowest BCUT2D eigenvalue weighted by molar-refractivity contribution is -0.134. The van der Waals surface area contributed by atoms with Gasteiger partial charge in [-0.3, -0.25) is 0 Å². The Labute approximate surface area is 127 Å². The van der Waals surface area contributed by atoms with Crippen molar-refractivity contribution in [1.29, 1.82) is 0 Å². The molecule has 1 rings (SSSR count). The zero-order chi connectivity index (χ0) is 16.3. The van der Waals surface area contributed by atoms with Gasteiger partial charge in [0.1, 0.15) is 6.54 Å². The molecule has 4 nitrogen and oxygen atoms in total. The van der Waals surface area contributed by atoms with Crippen molar-refractivity contribution < 1.29 is 21.6 Å². The second kappa shape index (κ2) is 7.08. The minimum Gasteiger partial charge on any atom is -0.312 e.